The summed E-state index contributed by atoms with van der Waals surface area (Å²) in [7, 11) is 0. The highest BCUT2D eigenvalue weighted by molar-refractivity contribution is 5.90. The molecule has 1 saturated heterocycles. The minimum Gasteiger partial charge on any atom is -0.491 e. The highest BCUT2D eigenvalue weighted by Crippen LogP contribution is 2.42. The first kappa shape index (κ1) is 15.9. The molecule has 0 saturated carbocycles. The smallest absolute Gasteiger partial charge is 0.336 e. The molecule has 0 bridgehead atoms. The van der Waals surface area contributed by atoms with Crippen molar-refractivity contribution in [1.29, 1.82) is 0 Å². The molecule has 25 heavy (non-hydrogen) atoms. The lowest BCUT2D eigenvalue weighted by Crippen LogP contribution is -2.22. The van der Waals surface area contributed by atoms with Gasteiger partial charge in [0.1, 0.15) is 30.1 Å². The van der Waals surface area contributed by atoms with E-state index in [1.807, 2.05) is 25.1 Å². The van der Waals surface area contributed by atoms with Crippen molar-refractivity contribution < 1.29 is 23.4 Å². The highest BCUT2D eigenvalue weighted by atomic mass is 16.6. The van der Waals surface area contributed by atoms with E-state index in [9.17, 15) is 9.59 Å². The van der Waals surface area contributed by atoms with E-state index >= 15 is 0 Å². The number of rotatable bonds is 5. The van der Waals surface area contributed by atoms with Gasteiger partial charge in [0.2, 0.25) is 0 Å². The maximum Gasteiger partial charge on any atom is 0.336 e. The monoisotopic (exact) mass is 342 g/mol. The van der Waals surface area contributed by atoms with Gasteiger partial charge in [-0.05, 0) is 38.1 Å². The van der Waals surface area contributed by atoms with Crippen LogP contribution >= 0.6 is 0 Å². The van der Waals surface area contributed by atoms with Crippen molar-refractivity contribution in [3.63, 3.8) is 0 Å². The fraction of sp³-hybridized carbons (Fsp3) is 0.368. The topological polar surface area (TPSA) is 78.3 Å². The number of hydrogen-bond donors (Lipinski definition) is 0. The van der Waals surface area contributed by atoms with Gasteiger partial charge in [-0.15, -0.1) is 0 Å². The molecule has 2 aromatic rings. The van der Waals surface area contributed by atoms with E-state index in [1.165, 1.54) is 6.07 Å². The number of epoxide rings is 1. The van der Waals surface area contributed by atoms with Crippen molar-refractivity contribution >= 4 is 16.9 Å². The van der Waals surface area contributed by atoms with Gasteiger partial charge in [0.15, 0.2) is 0 Å². The summed E-state index contributed by atoms with van der Waals surface area (Å²) < 4.78 is 21.9. The molecule has 6 heteroatoms. The van der Waals surface area contributed by atoms with Crippen LogP contribution < -0.4 is 10.4 Å². The normalized spacial score (nSPS) is 27.9. The molecule has 0 aliphatic carbocycles. The molecule has 130 valence electrons. The average Bonchev–Trinajstić information content (AvgIpc) is 3.10. The number of carbonyl (C=O) groups is 1. The lowest BCUT2D eigenvalue weighted by Gasteiger charge is -2.12. The second-order valence-electron chi connectivity index (χ2n) is 6.68. The zero-order chi connectivity index (χ0) is 17.6. The van der Waals surface area contributed by atoms with Crippen LogP contribution in [0.4, 0.5) is 0 Å². The summed E-state index contributed by atoms with van der Waals surface area (Å²) in [5, 5.41) is 0.838. The Labute approximate surface area is 144 Å². The summed E-state index contributed by atoms with van der Waals surface area (Å²) in [6.45, 7) is 4.11. The van der Waals surface area contributed by atoms with Crippen LogP contribution in [0.15, 0.2) is 51.2 Å². The van der Waals surface area contributed by atoms with E-state index in [1.54, 1.807) is 19.1 Å². The van der Waals surface area contributed by atoms with Crippen LogP contribution in [-0.2, 0) is 14.3 Å². The molecule has 0 amide bonds. The maximum absolute atomic E-state index is 11.4. The molecule has 3 atom stereocenters. The van der Waals surface area contributed by atoms with Crippen LogP contribution in [0.1, 0.15) is 20.3 Å². The molecule has 2 aliphatic rings. The van der Waals surface area contributed by atoms with Crippen LogP contribution in [0.5, 0.6) is 5.75 Å². The molecular weight excluding hydrogens is 324 g/mol. The Bertz CT molecular complexity index is 927. The quantitative estimate of drug-likeness (QED) is 0.472. The Balaban J connectivity index is 1.36. The molecule has 0 spiro atoms. The number of fused-ring (bicyclic) bond motifs is 1. The second kappa shape index (κ2) is 5.74. The summed E-state index contributed by atoms with van der Waals surface area (Å²) in [5.41, 5.74) is 0.370. The van der Waals surface area contributed by atoms with E-state index in [0.29, 0.717) is 29.9 Å². The average molecular weight is 342 g/mol. The van der Waals surface area contributed by atoms with Gasteiger partial charge in [-0.3, -0.25) is 0 Å². The molecule has 0 unspecified atom stereocenters. The van der Waals surface area contributed by atoms with E-state index in [-0.39, 0.29) is 23.8 Å². The maximum atomic E-state index is 11.4. The summed E-state index contributed by atoms with van der Waals surface area (Å²) in [4.78, 5) is 22.7. The van der Waals surface area contributed by atoms with Crippen molar-refractivity contribution in [2.24, 2.45) is 0 Å². The molecule has 0 N–H and O–H groups in total. The predicted octanol–water partition coefficient (Wildman–Crippen LogP) is 2.59. The Hall–Kier alpha value is -2.60. The van der Waals surface area contributed by atoms with Crippen LogP contribution in [0.25, 0.3) is 11.0 Å². The van der Waals surface area contributed by atoms with Crippen LogP contribution in [-0.4, -0.2) is 30.4 Å². The highest BCUT2D eigenvalue weighted by Gasteiger charge is 2.54. The van der Waals surface area contributed by atoms with Gasteiger partial charge in [-0.1, -0.05) is 0 Å². The first-order valence-electron chi connectivity index (χ1n) is 8.17. The molecule has 1 aromatic carbocycles. The van der Waals surface area contributed by atoms with Crippen molar-refractivity contribution in [3.8, 4) is 5.75 Å². The van der Waals surface area contributed by atoms with Gasteiger partial charge >= 0.3 is 11.6 Å². The molecule has 6 nitrogen and oxygen atoms in total. The largest absolute Gasteiger partial charge is 0.491 e. The van der Waals surface area contributed by atoms with Crippen LogP contribution in [0, 0.1) is 0 Å². The van der Waals surface area contributed by atoms with Gasteiger partial charge in [0.05, 0.1) is 5.60 Å². The number of hydrogen-bond acceptors (Lipinski definition) is 6. The third-order valence-electron chi connectivity index (χ3n) is 4.65. The Morgan fingerprint density at radius 3 is 2.76 bits per heavy atom. The lowest BCUT2D eigenvalue weighted by molar-refractivity contribution is -0.140. The Morgan fingerprint density at radius 1 is 1.20 bits per heavy atom. The van der Waals surface area contributed by atoms with Crippen molar-refractivity contribution in [2.45, 2.75) is 38.1 Å². The fourth-order valence-corrected chi connectivity index (χ4v) is 3.09. The Morgan fingerprint density at radius 2 is 2.00 bits per heavy atom. The molecule has 3 heterocycles. The molecule has 1 fully saturated rings. The summed E-state index contributed by atoms with van der Waals surface area (Å²) >= 11 is 0. The van der Waals surface area contributed by atoms with Crippen molar-refractivity contribution in [2.75, 3.05) is 6.61 Å². The number of ether oxygens (including phenoxy) is 3. The van der Waals surface area contributed by atoms with E-state index in [2.05, 4.69) is 0 Å². The first-order valence-corrected chi connectivity index (χ1v) is 8.17. The lowest BCUT2D eigenvalue weighted by atomic mass is 9.99. The summed E-state index contributed by atoms with van der Waals surface area (Å²) in [5.74, 6) is 0.349. The number of carbonyl (C=O) groups excluding carboxylic acids is 1. The molecule has 1 aromatic heterocycles. The standard InChI is InChI=1S/C19H18O6/c1-11-7-14(23-18(11)21)9-19(2)16(25-19)10-22-13-5-3-12-4-6-17(20)24-15(12)8-13/h3-8,14,16H,9-10H2,1-2H3/t14-,16+,19-/m0/s1. The molecule has 4 rings (SSSR count). The zero-order valence-corrected chi connectivity index (χ0v) is 14.0. The van der Waals surface area contributed by atoms with Gasteiger partial charge < -0.3 is 18.6 Å². The second-order valence-corrected chi connectivity index (χ2v) is 6.68. The van der Waals surface area contributed by atoms with Crippen LogP contribution in [0.2, 0.25) is 0 Å². The third kappa shape index (κ3) is 3.17. The summed E-state index contributed by atoms with van der Waals surface area (Å²) in [6.07, 6.45) is 2.13. The SMILES string of the molecule is CC1=C[C@@H](C[C@]2(C)O[C@@H]2COc2ccc3ccc(=O)oc3c2)OC1=O. The number of cyclic esters (lactones) is 1. The van der Waals surface area contributed by atoms with Gasteiger partial charge in [0.25, 0.3) is 0 Å². The van der Waals surface area contributed by atoms with E-state index in [0.717, 1.165) is 5.39 Å². The Kier molecular flexibility index (Phi) is 3.65. The minimum absolute atomic E-state index is 0.0704. The number of benzene rings is 1. The van der Waals surface area contributed by atoms with E-state index in [4.69, 9.17) is 18.6 Å². The van der Waals surface area contributed by atoms with Crippen LogP contribution in [0.3, 0.4) is 0 Å². The minimum atomic E-state index is -0.391. The van der Waals surface area contributed by atoms with Gasteiger partial charge in [-0.25, -0.2) is 9.59 Å². The van der Waals surface area contributed by atoms with E-state index < -0.39 is 5.63 Å². The number of esters is 1. The molecular formula is C19H18O6. The third-order valence-corrected chi connectivity index (χ3v) is 4.65. The molecule has 0 radical (unpaired) electrons. The first-order chi connectivity index (χ1) is 11.9. The fourth-order valence-electron chi connectivity index (χ4n) is 3.09. The predicted molar refractivity (Wildman–Crippen MR) is 89.5 cm³/mol. The summed E-state index contributed by atoms with van der Waals surface area (Å²) in [6, 6.07) is 8.46. The van der Waals surface area contributed by atoms with Gasteiger partial charge in [-0.2, -0.15) is 0 Å². The van der Waals surface area contributed by atoms with Crippen molar-refractivity contribution in [1.82, 2.24) is 0 Å². The molecule has 2 aliphatic heterocycles. The zero-order valence-electron chi connectivity index (χ0n) is 14.0. The van der Waals surface area contributed by atoms with Crippen molar-refractivity contribution in [3.05, 3.63) is 52.4 Å². The van der Waals surface area contributed by atoms with Gasteiger partial charge in [0, 0.05) is 29.5 Å².